The third-order valence-corrected chi connectivity index (χ3v) is 8.54. The van der Waals surface area contributed by atoms with Gasteiger partial charge in [0, 0.05) is 18.3 Å². The summed E-state index contributed by atoms with van der Waals surface area (Å²) >= 11 is 0. The van der Waals surface area contributed by atoms with Gasteiger partial charge in [0.2, 0.25) is 0 Å². The molecule has 1 amide bonds. The lowest BCUT2D eigenvalue weighted by molar-refractivity contribution is -0.137. The summed E-state index contributed by atoms with van der Waals surface area (Å²) in [7, 11) is -3.89. The molecule has 1 fully saturated rings. The highest BCUT2D eigenvalue weighted by atomic mass is 32.2. The minimum absolute atomic E-state index is 0.264. The second kappa shape index (κ2) is 11.5. The first-order valence-corrected chi connectivity index (χ1v) is 15.0. The summed E-state index contributed by atoms with van der Waals surface area (Å²) in [4.78, 5) is 16.4. The van der Waals surface area contributed by atoms with Crippen LogP contribution in [0, 0.1) is 0 Å². The molecule has 4 aromatic carbocycles. The lowest BCUT2D eigenvalue weighted by Crippen LogP contribution is -2.29. The highest BCUT2D eigenvalue weighted by Gasteiger charge is 2.34. The van der Waals surface area contributed by atoms with Crippen LogP contribution in [0.3, 0.4) is 0 Å². The molecule has 0 saturated carbocycles. The Balaban J connectivity index is 1.25. The fraction of sp³-hybridized carbons (Fsp3) is 0.0909. The third-order valence-electron chi connectivity index (χ3n) is 7.13. The zero-order chi connectivity index (χ0) is 30.9. The Morgan fingerprint density at radius 1 is 0.818 bits per heavy atom. The lowest BCUT2D eigenvalue weighted by Gasteiger charge is -2.15. The Morgan fingerprint density at radius 3 is 2.18 bits per heavy atom. The van der Waals surface area contributed by atoms with E-state index < -0.39 is 27.9 Å². The van der Waals surface area contributed by atoms with Crippen molar-refractivity contribution in [3.05, 3.63) is 132 Å². The zero-order valence-electron chi connectivity index (χ0n) is 23.1. The second-order valence-electron chi connectivity index (χ2n) is 10.2. The molecule has 11 heteroatoms. The van der Waals surface area contributed by atoms with Gasteiger partial charge in [0.05, 0.1) is 16.9 Å². The van der Waals surface area contributed by atoms with E-state index in [-0.39, 0.29) is 6.54 Å². The van der Waals surface area contributed by atoms with E-state index in [1.807, 2.05) is 70.1 Å². The van der Waals surface area contributed by atoms with Crippen LogP contribution in [-0.4, -0.2) is 30.4 Å². The van der Waals surface area contributed by atoms with Crippen LogP contribution < -0.4 is 9.03 Å². The minimum atomic E-state index is -4.41. The van der Waals surface area contributed by atoms with Crippen LogP contribution in [0.5, 0.6) is 0 Å². The molecule has 7 nitrogen and oxygen atoms in total. The SMILES string of the molecule is O=C1CN(c2ccc(Cn3cc(-c4ccccc4)nc3/C=C/c3ccc(-c4cccc(C(F)(F)F)c4)cc3)cc2)S(=O)(=O)N1. The van der Waals surface area contributed by atoms with Crippen molar-refractivity contribution in [2.75, 3.05) is 10.8 Å². The maximum absolute atomic E-state index is 13.2. The maximum Gasteiger partial charge on any atom is 0.416 e. The van der Waals surface area contributed by atoms with Crippen LogP contribution >= 0.6 is 0 Å². The van der Waals surface area contributed by atoms with Gasteiger partial charge in [-0.25, -0.2) is 14.0 Å². The van der Waals surface area contributed by atoms with Crippen molar-refractivity contribution in [1.82, 2.24) is 14.3 Å². The second-order valence-corrected chi connectivity index (χ2v) is 11.8. The zero-order valence-corrected chi connectivity index (χ0v) is 23.9. The molecule has 1 saturated heterocycles. The quantitative estimate of drug-likeness (QED) is 0.223. The van der Waals surface area contributed by atoms with E-state index in [4.69, 9.17) is 4.98 Å². The average Bonchev–Trinajstić information content (AvgIpc) is 3.54. The van der Waals surface area contributed by atoms with Gasteiger partial charge in [0.1, 0.15) is 12.4 Å². The summed E-state index contributed by atoms with van der Waals surface area (Å²) < 4.78 is 68.8. The van der Waals surface area contributed by atoms with E-state index in [1.165, 1.54) is 6.07 Å². The first-order chi connectivity index (χ1) is 21.0. The molecule has 6 rings (SSSR count). The summed E-state index contributed by atoms with van der Waals surface area (Å²) in [5, 5.41) is 0. The van der Waals surface area contributed by atoms with E-state index in [0.29, 0.717) is 29.2 Å². The van der Waals surface area contributed by atoms with E-state index in [1.54, 1.807) is 42.5 Å². The van der Waals surface area contributed by atoms with Crippen molar-refractivity contribution in [1.29, 1.82) is 0 Å². The Bertz CT molecular complexity index is 1950. The molecule has 44 heavy (non-hydrogen) atoms. The Hall–Kier alpha value is -5.16. The highest BCUT2D eigenvalue weighted by Crippen LogP contribution is 2.32. The van der Waals surface area contributed by atoms with Gasteiger partial charge in [-0.1, -0.05) is 84.9 Å². The van der Waals surface area contributed by atoms with Gasteiger partial charge in [-0.2, -0.15) is 21.6 Å². The van der Waals surface area contributed by atoms with Gasteiger partial charge < -0.3 is 4.57 Å². The van der Waals surface area contributed by atoms with Crippen molar-refractivity contribution < 1.29 is 26.4 Å². The molecule has 0 bridgehead atoms. The molecule has 2 heterocycles. The fourth-order valence-electron chi connectivity index (χ4n) is 4.91. The standard InChI is InChI=1S/C33H25F3N4O3S/c34-33(35,36)28-8-4-7-27(19-28)25-14-9-23(10-15-25)13-18-31-37-30(26-5-2-1-3-6-26)21-39(31)20-24-11-16-29(17-12-24)40-22-32(41)38-44(40,42)43/h1-19,21H,20,22H2,(H,38,41)/b18-13+. The number of nitrogens with one attached hydrogen (secondary N) is 1. The molecule has 5 aromatic rings. The number of imidazole rings is 1. The largest absolute Gasteiger partial charge is 0.416 e. The predicted molar refractivity (Wildman–Crippen MR) is 163 cm³/mol. The molecule has 0 unspecified atom stereocenters. The highest BCUT2D eigenvalue weighted by molar-refractivity contribution is 7.92. The molecule has 1 aliphatic rings. The number of nitrogens with zero attached hydrogens (tertiary/aromatic N) is 3. The van der Waals surface area contributed by atoms with Gasteiger partial charge in [-0.05, 0) is 52.6 Å². The number of rotatable bonds is 7. The fourth-order valence-corrected chi connectivity index (χ4v) is 6.06. The Labute approximate surface area is 252 Å². The molecule has 1 N–H and O–H groups in total. The molecular formula is C33H25F3N4O3S. The number of carbonyl (C=O) groups is 1. The lowest BCUT2D eigenvalue weighted by atomic mass is 10.0. The Morgan fingerprint density at radius 2 is 1.52 bits per heavy atom. The van der Waals surface area contributed by atoms with Crippen LogP contribution in [0.1, 0.15) is 22.5 Å². The molecule has 0 radical (unpaired) electrons. The van der Waals surface area contributed by atoms with Crippen molar-refractivity contribution in [3.63, 3.8) is 0 Å². The van der Waals surface area contributed by atoms with E-state index in [9.17, 15) is 26.4 Å². The monoisotopic (exact) mass is 614 g/mol. The summed E-state index contributed by atoms with van der Waals surface area (Å²) in [5.74, 6) is 0.0921. The van der Waals surface area contributed by atoms with Crippen molar-refractivity contribution >= 4 is 34.0 Å². The molecule has 0 atom stereocenters. The smallest absolute Gasteiger partial charge is 0.326 e. The summed E-state index contributed by atoms with van der Waals surface area (Å²) in [5.41, 5.74) is 4.30. The average molecular weight is 615 g/mol. The van der Waals surface area contributed by atoms with Crippen molar-refractivity contribution in [2.24, 2.45) is 0 Å². The van der Waals surface area contributed by atoms with E-state index in [0.717, 1.165) is 38.8 Å². The van der Waals surface area contributed by atoms with E-state index >= 15 is 0 Å². The Kier molecular flexibility index (Phi) is 7.56. The summed E-state index contributed by atoms with van der Waals surface area (Å²) in [6.07, 6.45) is 1.28. The van der Waals surface area contributed by atoms with Crippen LogP contribution in [0.25, 0.3) is 34.5 Å². The number of halogens is 3. The number of amides is 1. The first kappa shape index (κ1) is 28.9. The number of hydrogen-bond acceptors (Lipinski definition) is 4. The number of anilines is 1. The molecule has 0 spiro atoms. The molecule has 1 aromatic heterocycles. The van der Waals surface area contributed by atoms with Gasteiger partial charge in [0.15, 0.2) is 0 Å². The predicted octanol–water partition coefficient (Wildman–Crippen LogP) is 6.64. The molecule has 222 valence electrons. The number of benzene rings is 4. The molecule has 1 aliphatic heterocycles. The number of alkyl halides is 3. The van der Waals surface area contributed by atoms with Crippen molar-refractivity contribution in [2.45, 2.75) is 12.7 Å². The van der Waals surface area contributed by atoms with Gasteiger partial charge in [-0.3, -0.25) is 4.79 Å². The van der Waals surface area contributed by atoms with Crippen LogP contribution in [-0.2, 0) is 27.7 Å². The third kappa shape index (κ3) is 6.28. The summed E-state index contributed by atoms with van der Waals surface area (Å²) in [6, 6.07) is 29.1. The van der Waals surface area contributed by atoms with Gasteiger partial charge >= 0.3 is 16.4 Å². The minimum Gasteiger partial charge on any atom is -0.326 e. The number of carbonyl (C=O) groups excluding carboxylic acids is 1. The van der Waals surface area contributed by atoms with Crippen LogP contribution in [0.4, 0.5) is 18.9 Å². The van der Waals surface area contributed by atoms with E-state index in [2.05, 4.69) is 0 Å². The molecule has 0 aliphatic carbocycles. The van der Waals surface area contributed by atoms with Gasteiger partial charge in [0.25, 0.3) is 5.91 Å². The van der Waals surface area contributed by atoms with Gasteiger partial charge in [-0.15, -0.1) is 0 Å². The normalized spacial score (nSPS) is 14.7. The first-order valence-electron chi connectivity index (χ1n) is 13.6. The topological polar surface area (TPSA) is 84.3 Å². The summed E-state index contributed by atoms with van der Waals surface area (Å²) in [6.45, 7) is 0.178. The van der Waals surface area contributed by atoms with Crippen LogP contribution in [0.2, 0.25) is 0 Å². The maximum atomic E-state index is 13.2. The van der Waals surface area contributed by atoms with Crippen LogP contribution in [0.15, 0.2) is 109 Å². The number of aromatic nitrogens is 2. The number of hydrogen-bond donors (Lipinski definition) is 1. The van der Waals surface area contributed by atoms with Crippen molar-refractivity contribution in [3.8, 4) is 22.4 Å². The molecular weight excluding hydrogens is 589 g/mol.